The molecule has 1 aliphatic rings. The average Bonchev–Trinajstić information content (AvgIpc) is 3.46. The Morgan fingerprint density at radius 1 is 1.19 bits per heavy atom. The first-order valence-corrected chi connectivity index (χ1v) is 9.01. The Bertz CT molecular complexity index is 817. The Kier molecular flexibility index (Phi) is 5.97. The maximum absolute atomic E-state index is 11.0. The second kappa shape index (κ2) is 8.59. The van der Waals surface area contributed by atoms with Gasteiger partial charge < -0.3 is 14.6 Å². The predicted octanol–water partition coefficient (Wildman–Crippen LogP) is 3.90. The van der Waals surface area contributed by atoms with Gasteiger partial charge in [-0.3, -0.25) is 4.79 Å². The minimum absolute atomic E-state index is 0.00495. The molecule has 1 N–H and O–H groups in total. The summed E-state index contributed by atoms with van der Waals surface area (Å²) >= 11 is 0. The zero-order valence-corrected chi connectivity index (χ0v) is 15.4. The van der Waals surface area contributed by atoms with Crippen molar-refractivity contribution in [1.82, 2.24) is 4.98 Å². The van der Waals surface area contributed by atoms with Crippen LogP contribution in [0.2, 0.25) is 0 Å². The summed E-state index contributed by atoms with van der Waals surface area (Å²) in [6.45, 7) is 2.90. The summed E-state index contributed by atoms with van der Waals surface area (Å²) in [4.78, 5) is 15.2. The van der Waals surface area contributed by atoms with E-state index in [-0.39, 0.29) is 17.8 Å². The molecule has 140 valence electrons. The van der Waals surface area contributed by atoms with E-state index in [4.69, 9.17) is 14.6 Å². The van der Waals surface area contributed by atoms with E-state index in [1.54, 1.807) is 13.1 Å². The molecular formula is C22H23NO4. The van der Waals surface area contributed by atoms with Crippen molar-refractivity contribution in [2.45, 2.75) is 32.1 Å². The lowest BCUT2D eigenvalue weighted by atomic mass is 9.96. The number of hydrogen-bond donors (Lipinski definition) is 1. The number of ether oxygens (including phenoxy) is 2. The summed E-state index contributed by atoms with van der Waals surface area (Å²) in [5.74, 6) is 6.00. The van der Waals surface area contributed by atoms with Crippen LogP contribution in [0.15, 0.2) is 48.7 Å². The third-order valence-corrected chi connectivity index (χ3v) is 4.65. The van der Waals surface area contributed by atoms with Crippen LogP contribution in [0.3, 0.4) is 0 Å². The van der Waals surface area contributed by atoms with Crippen molar-refractivity contribution in [3.8, 4) is 23.5 Å². The van der Waals surface area contributed by atoms with Crippen molar-refractivity contribution >= 4 is 5.97 Å². The number of aliphatic carboxylic acids is 1. The minimum atomic E-state index is -0.855. The summed E-state index contributed by atoms with van der Waals surface area (Å²) in [6, 6.07) is 13.1. The minimum Gasteiger partial charge on any atom is -0.493 e. The Balaban J connectivity index is 1.53. The molecule has 0 radical (unpaired) electrons. The molecular weight excluding hydrogens is 342 g/mol. The quantitative estimate of drug-likeness (QED) is 0.683. The maximum Gasteiger partial charge on any atom is 0.304 e. The van der Waals surface area contributed by atoms with E-state index in [2.05, 4.69) is 16.8 Å². The Hall–Kier alpha value is -3.00. The van der Waals surface area contributed by atoms with Gasteiger partial charge in [-0.2, -0.15) is 0 Å². The molecule has 5 nitrogen and oxygen atoms in total. The highest BCUT2D eigenvalue weighted by atomic mass is 16.5. The fourth-order valence-electron chi connectivity index (χ4n) is 2.80. The number of benzene rings is 1. The molecule has 0 amide bonds. The van der Waals surface area contributed by atoms with Crippen LogP contribution in [-0.2, 0) is 4.79 Å². The van der Waals surface area contributed by atoms with Gasteiger partial charge in [0.15, 0.2) is 0 Å². The SMILES string of the molecule is CC#CC(CC(=O)O)c1ccc(OCC2(COc3ccccn3)CC2)cc1. The summed E-state index contributed by atoms with van der Waals surface area (Å²) in [6.07, 6.45) is 3.86. The molecule has 0 aliphatic heterocycles. The fraction of sp³-hybridized carbons (Fsp3) is 0.364. The molecule has 1 aromatic heterocycles. The molecule has 1 aliphatic carbocycles. The van der Waals surface area contributed by atoms with E-state index in [1.807, 2.05) is 42.5 Å². The Morgan fingerprint density at radius 3 is 2.52 bits per heavy atom. The molecule has 0 spiro atoms. The smallest absolute Gasteiger partial charge is 0.304 e. The van der Waals surface area contributed by atoms with Crippen LogP contribution in [0.4, 0.5) is 0 Å². The summed E-state index contributed by atoms with van der Waals surface area (Å²) in [5.41, 5.74) is 0.939. The molecule has 2 aromatic rings. The average molecular weight is 365 g/mol. The topological polar surface area (TPSA) is 68.7 Å². The third kappa shape index (κ3) is 5.49. The van der Waals surface area contributed by atoms with E-state index < -0.39 is 5.97 Å². The lowest BCUT2D eigenvalue weighted by Gasteiger charge is -2.17. The number of pyridine rings is 1. The second-order valence-corrected chi connectivity index (χ2v) is 6.86. The normalized spacial score (nSPS) is 15.1. The largest absolute Gasteiger partial charge is 0.493 e. The van der Waals surface area contributed by atoms with Crippen LogP contribution in [0, 0.1) is 17.3 Å². The number of hydrogen-bond acceptors (Lipinski definition) is 4. The van der Waals surface area contributed by atoms with E-state index in [9.17, 15) is 4.79 Å². The van der Waals surface area contributed by atoms with Gasteiger partial charge in [0, 0.05) is 17.7 Å². The molecule has 0 bridgehead atoms. The molecule has 1 atom stereocenters. The van der Waals surface area contributed by atoms with Crippen molar-refractivity contribution < 1.29 is 19.4 Å². The summed E-state index contributed by atoms with van der Waals surface area (Å²) < 4.78 is 11.7. The second-order valence-electron chi connectivity index (χ2n) is 6.86. The van der Waals surface area contributed by atoms with Gasteiger partial charge in [-0.05, 0) is 43.5 Å². The Morgan fingerprint density at radius 2 is 1.93 bits per heavy atom. The van der Waals surface area contributed by atoms with Crippen molar-refractivity contribution in [1.29, 1.82) is 0 Å². The predicted molar refractivity (Wildman–Crippen MR) is 102 cm³/mol. The third-order valence-electron chi connectivity index (χ3n) is 4.65. The highest BCUT2D eigenvalue weighted by Gasteiger charge is 2.44. The van der Waals surface area contributed by atoms with Gasteiger partial charge in [-0.25, -0.2) is 4.98 Å². The van der Waals surface area contributed by atoms with Gasteiger partial charge >= 0.3 is 5.97 Å². The van der Waals surface area contributed by atoms with Crippen LogP contribution < -0.4 is 9.47 Å². The first-order valence-electron chi connectivity index (χ1n) is 9.01. The number of carbonyl (C=O) groups is 1. The van der Waals surface area contributed by atoms with Gasteiger partial charge in [-0.1, -0.05) is 24.1 Å². The van der Waals surface area contributed by atoms with Crippen molar-refractivity contribution in [2.24, 2.45) is 5.41 Å². The molecule has 5 heteroatoms. The summed E-state index contributed by atoms with van der Waals surface area (Å²) in [5, 5.41) is 9.03. The number of rotatable bonds is 9. The molecule has 1 saturated carbocycles. The van der Waals surface area contributed by atoms with Crippen LogP contribution in [-0.4, -0.2) is 29.3 Å². The van der Waals surface area contributed by atoms with Gasteiger partial charge in [0.2, 0.25) is 5.88 Å². The first kappa shape index (κ1) is 18.8. The highest BCUT2D eigenvalue weighted by molar-refractivity contribution is 5.69. The van der Waals surface area contributed by atoms with Crippen LogP contribution >= 0.6 is 0 Å². The number of carboxylic acids is 1. The van der Waals surface area contributed by atoms with Gasteiger partial charge in [0.05, 0.1) is 25.6 Å². The zero-order valence-electron chi connectivity index (χ0n) is 15.4. The number of nitrogens with zero attached hydrogens (tertiary/aromatic N) is 1. The number of carboxylic acid groups (broad SMARTS) is 1. The lowest BCUT2D eigenvalue weighted by Crippen LogP contribution is -2.21. The van der Waals surface area contributed by atoms with E-state index >= 15 is 0 Å². The molecule has 1 aromatic carbocycles. The van der Waals surface area contributed by atoms with Crippen molar-refractivity contribution in [3.63, 3.8) is 0 Å². The van der Waals surface area contributed by atoms with Crippen molar-refractivity contribution in [3.05, 3.63) is 54.2 Å². The standard InChI is InChI=1S/C22H23NO4/c1-2-5-18(14-21(24)25)17-7-9-19(10-8-17)26-15-22(11-12-22)16-27-20-6-3-4-13-23-20/h3-4,6-10,13,18H,11-12,14-16H2,1H3,(H,24,25). The van der Waals surface area contributed by atoms with Gasteiger partial charge in [-0.15, -0.1) is 5.92 Å². The Labute approximate surface area is 159 Å². The zero-order chi connectivity index (χ0) is 19.1. The maximum atomic E-state index is 11.0. The summed E-state index contributed by atoms with van der Waals surface area (Å²) in [7, 11) is 0. The molecule has 3 rings (SSSR count). The van der Waals surface area contributed by atoms with Crippen LogP contribution in [0.25, 0.3) is 0 Å². The first-order chi connectivity index (χ1) is 13.1. The number of aromatic nitrogens is 1. The van der Waals surface area contributed by atoms with Crippen LogP contribution in [0.5, 0.6) is 11.6 Å². The molecule has 1 unspecified atom stereocenters. The van der Waals surface area contributed by atoms with Crippen molar-refractivity contribution in [2.75, 3.05) is 13.2 Å². The highest BCUT2D eigenvalue weighted by Crippen LogP contribution is 2.46. The van der Waals surface area contributed by atoms with E-state index in [0.29, 0.717) is 19.1 Å². The van der Waals surface area contributed by atoms with Crippen LogP contribution in [0.1, 0.15) is 37.7 Å². The van der Waals surface area contributed by atoms with Gasteiger partial charge in [0.25, 0.3) is 0 Å². The molecule has 1 heterocycles. The lowest BCUT2D eigenvalue weighted by molar-refractivity contribution is -0.137. The van der Waals surface area contributed by atoms with Gasteiger partial charge in [0.1, 0.15) is 5.75 Å². The molecule has 1 fully saturated rings. The molecule has 0 saturated heterocycles. The van der Waals surface area contributed by atoms with E-state index in [0.717, 1.165) is 24.2 Å². The molecule has 27 heavy (non-hydrogen) atoms. The fourth-order valence-corrected chi connectivity index (χ4v) is 2.80. The monoisotopic (exact) mass is 365 g/mol. The van der Waals surface area contributed by atoms with E-state index in [1.165, 1.54) is 0 Å².